The van der Waals surface area contributed by atoms with Crippen LogP contribution in [0.1, 0.15) is 40.0 Å². The van der Waals surface area contributed by atoms with E-state index in [2.05, 4.69) is 37.4 Å². The summed E-state index contributed by atoms with van der Waals surface area (Å²) in [4.78, 5) is 2.71. The predicted octanol–water partition coefficient (Wildman–Crippen LogP) is 2.33. The second kappa shape index (κ2) is 4.51. The standard InChI is InChI=1S/C13H26N2S/c1-4-13(9-14,11-5-6-11)15-7-8-16-12(2,3)10-15/h11H,4-10,14H2,1-3H3. The Morgan fingerprint density at radius 1 is 1.44 bits per heavy atom. The number of hydrogen-bond donors (Lipinski definition) is 1. The van der Waals surface area contributed by atoms with Crippen molar-refractivity contribution < 1.29 is 0 Å². The topological polar surface area (TPSA) is 29.3 Å². The fraction of sp³-hybridized carbons (Fsp3) is 1.00. The number of thioether (sulfide) groups is 1. The van der Waals surface area contributed by atoms with Gasteiger partial charge in [0.05, 0.1) is 0 Å². The third-order valence-corrected chi connectivity index (χ3v) is 5.66. The third kappa shape index (κ3) is 2.27. The van der Waals surface area contributed by atoms with Gasteiger partial charge < -0.3 is 5.73 Å². The molecule has 2 N–H and O–H groups in total. The summed E-state index contributed by atoms with van der Waals surface area (Å²) >= 11 is 2.11. The highest BCUT2D eigenvalue weighted by molar-refractivity contribution is 8.00. The van der Waals surface area contributed by atoms with Crippen LogP contribution in [0.15, 0.2) is 0 Å². The zero-order valence-electron chi connectivity index (χ0n) is 11.0. The van der Waals surface area contributed by atoms with E-state index in [1.807, 2.05) is 0 Å². The zero-order chi connectivity index (χ0) is 11.8. The number of nitrogens with zero attached hydrogens (tertiary/aromatic N) is 1. The van der Waals surface area contributed by atoms with Crippen molar-refractivity contribution in [2.24, 2.45) is 11.7 Å². The Morgan fingerprint density at radius 3 is 2.56 bits per heavy atom. The minimum atomic E-state index is 0.318. The molecule has 0 bridgehead atoms. The van der Waals surface area contributed by atoms with Gasteiger partial charge in [-0.25, -0.2) is 0 Å². The normalized spacial score (nSPS) is 30.0. The van der Waals surface area contributed by atoms with Crippen LogP contribution >= 0.6 is 11.8 Å². The molecule has 0 aromatic rings. The third-order valence-electron chi connectivity index (χ3n) is 4.36. The van der Waals surface area contributed by atoms with E-state index in [0.29, 0.717) is 10.3 Å². The summed E-state index contributed by atoms with van der Waals surface area (Å²) in [5, 5.41) is 0. The predicted molar refractivity (Wildman–Crippen MR) is 72.9 cm³/mol. The average Bonchev–Trinajstić information content (AvgIpc) is 3.04. The van der Waals surface area contributed by atoms with Crippen LogP contribution in [0.25, 0.3) is 0 Å². The SMILES string of the molecule is CCC(CN)(C1CC1)N1CCSC(C)(C)C1. The molecule has 1 atom stereocenters. The summed E-state index contributed by atoms with van der Waals surface area (Å²) < 4.78 is 0.405. The molecule has 3 heteroatoms. The van der Waals surface area contributed by atoms with Crippen molar-refractivity contribution in [2.75, 3.05) is 25.4 Å². The van der Waals surface area contributed by atoms with E-state index in [-0.39, 0.29) is 0 Å². The molecule has 0 radical (unpaired) electrons. The highest BCUT2D eigenvalue weighted by Crippen LogP contribution is 2.46. The first kappa shape index (κ1) is 12.7. The van der Waals surface area contributed by atoms with Gasteiger partial charge in [0.2, 0.25) is 0 Å². The maximum atomic E-state index is 6.13. The molecule has 94 valence electrons. The molecule has 2 rings (SSSR count). The van der Waals surface area contributed by atoms with Gasteiger partial charge in [0.1, 0.15) is 0 Å². The van der Waals surface area contributed by atoms with E-state index in [1.165, 1.54) is 38.1 Å². The van der Waals surface area contributed by atoms with Crippen molar-refractivity contribution in [3.05, 3.63) is 0 Å². The van der Waals surface area contributed by atoms with Gasteiger partial charge in [0.15, 0.2) is 0 Å². The van der Waals surface area contributed by atoms with E-state index in [9.17, 15) is 0 Å². The molecular weight excluding hydrogens is 216 g/mol. The van der Waals surface area contributed by atoms with Crippen molar-refractivity contribution in [3.63, 3.8) is 0 Å². The molecular formula is C13H26N2S. The molecule has 0 aromatic carbocycles. The Morgan fingerprint density at radius 2 is 2.12 bits per heavy atom. The van der Waals surface area contributed by atoms with E-state index in [1.54, 1.807) is 0 Å². The van der Waals surface area contributed by atoms with E-state index < -0.39 is 0 Å². The van der Waals surface area contributed by atoms with Crippen molar-refractivity contribution in [2.45, 2.75) is 50.3 Å². The number of nitrogens with two attached hydrogens (primary N) is 1. The van der Waals surface area contributed by atoms with Gasteiger partial charge in [-0.05, 0) is 39.0 Å². The molecule has 16 heavy (non-hydrogen) atoms. The second-order valence-electron chi connectivity index (χ2n) is 5.97. The van der Waals surface area contributed by atoms with Crippen molar-refractivity contribution in [1.29, 1.82) is 0 Å². The molecule has 1 saturated heterocycles. The van der Waals surface area contributed by atoms with Crippen LogP contribution in [0.5, 0.6) is 0 Å². The van der Waals surface area contributed by atoms with Crippen molar-refractivity contribution >= 4 is 11.8 Å². The van der Waals surface area contributed by atoms with Crippen molar-refractivity contribution in [1.82, 2.24) is 4.90 Å². The van der Waals surface area contributed by atoms with Gasteiger partial charge in [0.25, 0.3) is 0 Å². The second-order valence-corrected chi connectivity index (χ2v) is 7.77. The largest absolute Gasteiger partial charge is 0.329 e. The van der Waals surface area contributed by atoms with Crippen LogP contribution in [0.3, 0.4) is 0 Å². The molecule has 1 heterocycles. The summed E-state index contributed by atoms with van der Waals surface area (Å²) in [6, 6.07) is 0. The average molecular weight is 242 g/mol. The lowest BCUT2D eigenvalue weighted by atomic mass is 9.87. The van der Waals surface area contributed by atoms with Gasteiger partial charge in [-0.15, -0.1) is 0 Å². The van der Waals surface area contributed by atoms with Gasteiger partial charge in [-0.3, -0.25) is 4.90 Å². The van der Waals surface area contributed by atoms with E-state index in [0.717, 1.165) is 12.5 Å². The van der Waals surface area contributed by atoms with Crippen LogP contribution in [-0.2, 0) is 0 Å². The van der Waals surface area contributed by atoms with Crippen LogP contribution in [0, 0.1) is 5.92 Å². The first-order valence-electron chi connectivity index (χ1n) is 6.63. The summed E-state index contributed by atoms with van der Waals surface area (Å²) in [5.74, 6) is 2.14. The van der Waals surface area contributed by atoms with Crippen LogP contribution in [-0.4, -0.2) is 40.6 Å². The monoisotopic (exact) mass is 242 g/mol. The Labute approximate surface area is 104 Å². The first-order chi connectivity index (χ1) is 7.54. The molecule has 2 nitrogen and oxygen atoms in total. The Hall–Kier alpha value is 0.270. The van der Waals surface area contributed by atoms with Crippen molar-refractivity contribution in [3.8, 4) is 0 Å². The van der Waals surface area contributed by atoms with E-state index >= 15 is 0 Å². The summed E-state index contributed by atoms with van der Waals surface area (Å²) in [7, 11) is 0. The fourth-order valence-electron chi connectivity index (χ4n) is 3.23. The molecule has 1 aliphatic carbocycles. The van der Waals surface area contributed by atoms with Crippen LogP contribution in [0.4, 0.5) is 0 Å². The molecule has 1 saturated carbocycles. The molecule has 2 aliphatic rings. The highest BCUT2D eigenvalue weighted by atomic mass is 32.2. The maximum absolute atomic E-state index is 6.13. The van der Waals surface area contributed by atoms with Crippen LogP contribution in [0.2, 0.25) is 0 Å². The van der Waals surface area contributed by atoms with Gasteiger partial charge in [0, 0.05) is 35.7 Å². The van der Waals surface area contributed by atoms with Gasteiger partial charge in [-0.1, -0.05) is 6.92 Å². The molecule has 0 amide bonds. The van der Waals surface area contributed by atoms with Gasteiger partial charge in [-0.2, -0.15) is 11.8 Å². The lowest BCUT2D eigenvalue weighted by Gasteiger charge is -2.49. The Kier molecular flexibility index (Phi) is 3.58. The molecule has 1 unspecified atom stereocenters. The Balaban J connectivity index is 2.13. The lowest BCUT2D eigenvalue weighted by molar-refractivity contribution is 0.0634. The maximum Gasteiger partial charge on any atom is 0.0358 e. The molecule has 0 spiro atoms. The van der Waals surface area contributed by atoms with Gasteiger partial charge >= 0.3 is 0 Å². The highest BCUT2D eigenvalue weighted by Gasteiger charge is 2.48. The minimum absolute atomic E-state index is 0.318. The zero-order valence-corrected chi connectivity index (χ0v) is 11.8. The summed E-state index contributed by atoms with van der Waals surface area (Å²) in [5.41, 5.74) is 6.45. The Bertz CT molecular complexity index is 244. The summed E-state index contributed by atoms with van der Waals surface area (Å²) in [6.45, 7) is 10.3. The fourth-order valence-corrected chi connectivity index (χ4v) is 4.34. The van der Waals surface area contributed by atoms with Crippen LogP contribution < -0.4 is 5.73 Å². The number of hydrogen-bond acceptors (Lipinski definition) is 3. The van der Waals surface area contributed by atoms with E-state index in [4.69, 9.17) is 5.73 Å². The summed E-state index contributed by atoms with van der Waals surface area (Å²) in [6.07, 6.45) is 4.01. The lowest BCUT2D eigenvalue weighted by Crippen LogP contribution is -2.60. The first-order valence-corrected chi connectivity index (χ1v) is 7.62. The molecule has 2 fully saturated rings. The minimum Gasteiger partial charge on any atom is -0.329 e. The smallest absolute Gasteiger partial charge is 0.0358 e. The molecule has 1 aliphatic heterocycles. The molecule has 0 aromatic heterocycles. The quantitative estimate of drug-likeness (QED) is 0.820. The number of rotatable bonds is 4.